The first-order valence-electron chi connectivity index (χ1n) is 8.27. The average Bonchev–Trinajstić information content (AvgIpc) is 3.15. The molecule has 0 amide bonds. The number of hydrogen-bond donors (Lipinski definition) is 1. The number of aromatic nitrogens is 3. The van der Waals surface area contributed by atoms with Crippen LogP contribution in [0.3, 0.4) is 0 Å². The molecule has 0 bridgehead atoms. The number of carbonyl (C=O) groups is 1. The second kappa shape index (κ2) is 8.92. The van der Waals surface area contributed by atoms with Crippen molar-refractivity contribution in [2.45, 2.75) is 17.3 Å². The normalized spacial score (nSPS) is 11.8. The average molecular weight is 404 g/mol. The van der Waals surface area contributed by atoms with Crippen molar-refractivity contribution in [1.82, 2.24) is 15.2 Å². The highest BCUT2D eigenvalue weighted by molar-refractivity contribution is 8.00. The molecule has 1 N–H and O–H groups in total. The van der Waals surface area contributed by atoms with Crippen molar-refractivity contribution in [3.8, 4) is 17.1 Å². The molecule has 0 aliphatic heterocycles. The second-order valence-corrected chi connectivity index (χ2v) is 6.98. The van der Waals surface area contributed by atoms with E-state index in [-0.39, 0.29) is 5.97 Å². The number of esters is 1. The zero-order valence-corrected chi connectivity index (χ0v) is 16.4. The summed E-state index contributed by atoms with van der Waals surface area (Å²) in [5.74, 6) is 0.796. The van der Waals surface area contributed by atoms with Crippen LogP contribution >= 0.6 is 23.4 Å². The van der Waals surface area contributed by atoms with Crippen LogP contribution in [0, 0.1) is 0 Å². The minimum Gasteiger partial charge on any atom is -0.496 e. The molecule has 0 radical (unpaired) electrons. The highest BCUT2D eigenvalue weighted by atomic mass is 35.5. The lowest BCUT2D eigenvalue weighted by Crippen LogP contribution is -2.13. The van der Waals surface area contributed by atoms with E-state index >= 15 is 0 Å². The third kappa shape index (κ3) is 4.61. The molecule has 140 valence electrons. The first-order valence-corrected chi connectivity index (χ1v) is 9.52. The fraction of sp³-hybridized carbons (Fsp3) is 0.211. The van der Waals surface area contributed by atoms with Crippen molar-refractivity contribution in [1.29, 1.82) is 0 Å². The van der Waals surface area contributed by atoms with Gasteiger partial charge in [-0.25, -0.2) is 4.98 Å². The maximum atomic E-state index is 12.4. The summed E-state index contributed by atoms with van der Waals surface area (Å²) >= 11 is 7.31. The van der Waals surface area contributed by atoms with Crippen LogP contribution in [0.2, 0.25) is 5.02 Å². The molecule has 0 spiro atoms. The van der Waals surface area contributed by atoms with Gasteiger partial charge >= 0.3 is 5.97 Å². The molecule has 0 fully saturated rings. The second-order valence-electron chi connectivity index (χ2n) is 5.47. The third-order valence-corrected chi connectivity index (χ3v) is 5.04. The van der Waals surface area contributed by atoms with E-state index in [1.807, 2.05) is 30.3 Å². The summed E-state index contributed by atoms with van der Waals surface area (Å²) in [5.41, 5.74) is 1.52. The van der Waals surface area contributed by atoms with Crippen LogP contribution in [0.4, 0.5) is 0 Å². The van der Waals surface area contributed by atoms with Gasteiger partial charge in [0, 0.05) is 5.02 Å². The molecule has 2 aromatic carbocycles. The molecule has 0 aliphatic carbocycles. The van der Waals surface area contributed by atoms with Gasteiger partial charge in [0.15, 0.2) is 5.82 Å². The van der Waals surface area contributed by atoms with Gasteiger partial charge in [-0.3, -0.25) is 9.89 Å². The van der Waals surface area contributed by atoms with E-state index in [9.17, 15) is 4.79 Å². The van der Waals surface area contributed by atoms with E-state index in [0.717, 1.165) is 5.56 Å². The standard InChI is InChI=1S/C19H18ClN3O3S/c1-3-26-18(24)16(12-7-5-4-6-8-12)27-19-21-17(22-23-19)14-11-13(20)9-10-15(14)25-2/h4-11,16H,3H2,1-2H3,(H,21,22,23)/t16-/m0/s1. The van der Waals surface area contributed by atoms with E-state index < -0.39 is 5.25 Å². The maximum Gasteiger partial charge on any atom is 0.324 e. The molecule has 0 saturated heterocycles. The predicted molar refractivity (Wildman–Crippen MR) is 105 cm³/mol. The largest absolute Gasteiger partial charge is 0.496 e. The van der Waals surface area contributed by atoms with Crippen LogP contribution in [0.25, 0.3) is 11.4 Å². The lowest BCUT2D eigenvalue weighted by atomic mass is 10.1. The number of halogens is 1. The number of thioether (sulfide) groups is 1. The van der Waals surface area contributed by atoms with Crippen molar-refractivity contribution >= 4 is 29.3 Å². The van der Waals surface area contributed by atoms with Gasteiger partial charge in [0.25, 0.3) is 0 Å². The maximum absolute atomic E-state index is 12.4. The van der Waals surface area contributed by atoms with Gasteiger partial charge in [0.1, 0.15) is 11.0 Å². The summed E-state index contributed by atoms with van der Waals surface area (Å²) < 4.78 is 10.6. The molecular formula is C19H18ClN3O3S. The summed E-state index contributed by atoms with van der Waals surface area (Å²) in [5, 5.41) is 7.53. The molecule has 1 heterocycles. The Bertz CT molecular complexity index is 918. The van der Waals surface area contributed by atoms with Gasteiger partial charge in [-0.05, 0) is 30.7 Å². The lowest BCUT2D eigenvalue weighted by Gasteiger charge is -2.13. The summed E-state index contributed by atoms with van der Waals surface area (Å²) in [7, 11) is 1.57. The molecule has 1 aromatic heterocycles. The SMILES string of the molecule is CCOC(=O)[C@@H](Sc1n[nH]c(-c2cc(Cl)ccc2OC)n1)c1ccccc1. The molecule has 0 unspecified atom stereocenters. The number of H-pyrrole nitrogens is 1. The Balaban J connectivity index is 1.89. The number of benzene rings is 2. The van der Waals surface area contributed by atoms with Crippen molar-refractivity contribution < 1.29 is 14.3 Å². The lowest BCUT2D eigenvalue weighted by molar-refractivity contribution is -0.142. The summed E-state index contributed by atoms with van der Waals surface area (Å²) in [6.45, 7) is 2.09. The van der Waals surface area contributed by atoms with Crippen molar-refractivity contribution in [2.75, 3.05) is 13.7 Å². The van der Waals surface area contributed by atoms with Crippen LogP contribution < -0.4 is 4.74 Å². The van der Waals surface area contributed by atoms with E-state index in [1.165, 1.54) is 11.8 Å². The van der Waals surface area contributed by atoms with E-state index in [2.05, 4.69) is 15.2 Å². The smallest absolute Gasteiger partial charge is 0.324 e. The van der Waals surface area contributed by atoms with E-state index in [0.29, 0.717) is 33.9 Å². The van der Waals surface area contributed by atoms with Crippen molar-refractivity contribution in [2.24, 2.45) is 0 Å². The Labute approximate surface area is 166 Å². The van der Waals surface area contributed by atoms with Gasteiger partial charge in [-0.2, -0.15) is 0 Å². The monoisotopic (exact) mass is 403 g/mol. The Hall–Kier alpha value is -2.51. The molecule has 27 heavy (non-hydrogen) atoms. The van der Waals surface area contributed by atoms with Gasteiger partial charge < -0.3 is 9.47 Å². The molecule has 8 heteroatoms. The Kier molecular flexibility index (Phi) is 6.36. The number of methoxy groups -OCH3 is 1. The number of aromatic amines is 1. The van der Waals surface area contributed by atoms with Gasteiger partial charge in [0.2, 0.25) is 5.16 Å². The first kappa shape index (κ1) is 19.3. The highest BCUT2D eigenvalue weighted by Gasteiger charge is 2.25. The van der Waals surface area contributed by atoms with Gasteiger partial charge in [-0.15, -0.1) is 5.10 Å². The Morgan fingerprint density at radius 2 is 2.04 bits per heavy atom. The summed E-state index contributed by atoms with van der Waals surface area (Å²) in [4.78, 5) is 16.9. The van der Waals surface area contributed by atoms with Crippen LogP contribution in [0.15, 0.2) is 53.7 Å². The molecule has 3 aromatic rings. The molecule has 6 nitrogen and oxygen atoms in total. The van der Waals surface area contributed by atoms with Gasteiger partial charge in [-0.1, -0.05) is 53.7 Å². The fourth-order valence-corrected chi connectivity index (χ4v) is 3.57. The molecule has 0 aliphatic rings. The van der Waals surface area contributed by atoms with Crippen LogP contribution in [0.5, 0.6) is 5.75 Å². The van der Waals surface area contributed by atoms with Crippen LogP contribution in [-0.4, -0.2) is 34.9 Å². The van der Waals surface area contributed by atoms with Gasteiger partial charge in [0.05, 0.1) is 19.3 Å². The number of carbonyl (C=O) groups excluding carboxylic acids is 1. The number of ether oxygens (including phenoxy) is 2. The van der Waals surface area contributed by atoms with Crippen molar-refractivity contribution in [3.05, 3.63) is 59.1 Å². The highest BCUT2D eigenvalue weighted by Crippen LogP contribution is 2.36. The molecule has 1 atom stereocenters. The molecule has 3 rings (SSSR count). The fourth-order valence-electron chi connectivity index (χ4n) is 2.49. The predicted octanol–water partition coefficient (Wildman–Crippen LogP) is 4.53. The minimum atomic E-state index is -0.559. The summed E-state index contributed by atoms with van der Waals surface area (Å²) in [6, 6.07) is 14.7. The van der Waals surface area contributed by atoms with Crippen molar-refractivity contribution in [3.63, 3.8) is 0 Å². The topological polar surface area (TPSA) is 77.1 Å². The zero-order valence-electron chi connectivity index (χ0n) is 14.8. The zero-order chi connectivity index (χ0) is 19.2. The summed E-state index contributed by atoms with van der Waals surface area (Å²) in [6.07, 6.45) is 0. The molecule has 0 saturated carbocycles. The minimum absolute atomic E-state index is 0.307. The Morgan fingerprint density at radius 1 is 1.26 bits per heavy atom. The van der Waals surface area contributed by atoms with Crippen LogP contribution in [0.1, 0.15) is 17.7 Å². The number of nitrogens with one attached hydrogen (secondary N) is 1. The number of hydrogen-bond acceptors (Lipinski definition) is 6. The van der Waals surface area contributed by atoms with E-state index in [1.54, 1.807) is 32.2 Å². The quantitative estimate of drug-likeness (QED) is 0.461. The first-order chi connectivity index (χ1) is 13.1. The number of nitrogens with zero attached hydrogens (tertiary/aromatic N) is 2. The van der Waals surface area contributed by atoms with Crippen LogP contribution in [-0.2, 0) is 9.53 Å². The number of rotatable bonds is 7. The van der Waals surface area contributed by atoms with E-state index in [4.69, 9.17) is 21.1 Å². The Morgan fingerprint density at radius 3 is 2.74 bits per heavy atom. The molecular weight excluding hydrogens is 386 g/mol. The third-order valence-electron chi connectivity index (χ3n) is 3.71.